The van der Waals surface area contributed by atoms with Crippen LogP contribution < -0.4 is 32.3 Å². The Kier molecular flexibility index (Phi) is 28.6. The number of rotatable bonds is 32. The van der Waals surface area contributed by atoms with Crippen LogP contribution in [0.2, 0.25) is 0 Å². The Morgan fingerprint density at radius 3 is 1.93 bits per heavy atom. The lowest BCUT2D eigenvalue weighted by Gasteiger charge is -2.48. The van der Waals surface area contributed by atoms with Gasteiger partial charge in [0.15, 0.2) is 43.6 Å². The lowest BCUT2D eigenvalue weighted by molar-refractivity contribution is -0.391. The van der Waals surface area contributed by atoms with Crippen molar-refractivity contribution >= 4 is 50.3 Å². The standard InChI is InChI=1S/C57H83N6O38P/c1-21(68)60-25-14-28(93-52-43(81)40(78)46(54(99-52)90-20-67)97-50-33(61-22(2)69)38(76)36(74)30(17-65)95-50)29(16-64)94-49(25)96-45-39(77)42(80)51(98-53(45)89-19-66)88-13-11-59-47(82)24-8-6-23(7-9-24)4-3-5-26(70)34(72)44-35(73)27(71)15-57(100-44,55(83)84)101-102(86,87)91-18-31-37(75)41(79)48(92-31)63-12-10-32(58)62-56(63)85/h6-10,12,19-20,25-31,33-46,48-54,64-65,70-81H,3-5,11,13-18H2,1-2H3,(H,59,82)(H,60,68)(H,61,69)(H,83,84)(H,86,87)(H2,58,62,85)/p-1/t25?,26-,27-,28+,29?,30?,31-,33?,34-,35-,36-,37+,38-,39-,40-,41?,42?,43?,44?,45+,46+,48-,49-,50-,51-,52-,53?,54?,57-/m1/s1. The van der Waals surface area contributed by atoms with E-state index in [2.05, 4.69) is 20.9 Å². The summed E-state index contributed by atoms with van der Waals surface area (Å²) in [6, 6.07) is 4.18. The average molecular weight is 1490 g/mol. The molecule has 0 spiro atoms. The molecule has 8 rings (SSSR count). The van der Waals surface area contributed by atoms with Gasteiger partial charge in [-0.2, -0.15) is 4.98 Å². The minimum Gasteiger partial charge on any atom is -0.756 e. The number of ether oxygens (including phenoxy) is 12. The molecular weight excluding hydrogens is 1410 g/mol. The molecule has 6 aliphatic heterocycles. The number of carboxylic acids is 1. The number of benzene rings is 1. The van der Waals surface area contributed by atoms with Crippen molar-refractivity contribution in [3.63, 3.8) is 0 Å². The number of aryl methyl sites for hydroxylation is 1. The maximum Gasteiger partial charge on any atom is 0.364 e. The Bertz CT molecular complexity index is 3240. The van der Waals surface area contributed by atoms with Crippen molar-refractivity contribution in [3.8, 4) is 0 Å². The van der Waals surface area contributed by atoms with Gasteiger partial charge >= 0.3 is 11.7 Å². The fourth-order valence-electron chi connectivity index (χ4n) is 12.0. The predicted octanol–water partition coefficient (Wildman–Crippen LogP) is -11.4. The zero-order valence-electron chi connectivity index (χ0n) is 53.9. The second kappa shape index (κ2) is 35.8. The molecule has 30 atom stereocenters. The van der Waals surface area contributed by atoms with Crippen LogP contribution in [0.1, 0.15) is 61.7 Å². The van der Waals surface area contributed by atoms with Crippen LogP contribution in [0.4, 0.5) is 5.82 Å². The molecule has 6 saturated heterocycles. The van der Waals surface area contributed by atoms with Gasteiger partial charge in [0.25, 0.3) is 32.5 Å². The number of amides is 3. The molecule has 7 heterocycles. The molecule has 0 bridgehead atoms. The first kappa shape index (κ1) is 81.5. The number of nitrogens with one attached hydrogen (secondary N) is 3. The number of aliphatic carboxylic acids is 1. The number of carboxylic acid groups (broad SMARTS) is 1. The predicted molar refractivity (Wildman–Crippen MR) is 319 cm³/mol. The number of aliphatic hydroxyl groups excluding tert-OH is 14. The number of anilines is 1. The van der Waals surface area contributed by atoms with Crippen LogP contribution in [-0.2, 0) is 101 Å². The molecular formula is C57H82N6O38P-. The largest absolute Gasteiger partial charge is 0.756 e. The summed E-state index contributed by atoms with van der Waals surface area (Å²) in [6.45, 7) is -1.66. The van der Waals surface area contributed by atoms with E-state index in [9.17, 15) is 120 Å². The molecule has 1 aromatic carbocycles. The number of carbonyl (C=O) groups is 6. The summed E-state index contributed by atoms with van der Waals surface area (Å²) >= 11 is 0. The number of nitrogens with two attached hydrogens (primary N) is 1. The first-order chi connectivity index (χ1) is 48.2. The van der Waals surface area contributed by atoms with Gasteiger partial charge in [0.05, 0.1) is 50.8 Å². The van der Waals surface area contributed by atoms with E-state index < -0.39 is 254 Å². The quantitative estimate of drug-likeness (QED) is 0.0184. The Hall–Kier alpha value is -6.13. The van der Waals surface area contributed by atoms with Gasteiger partial charge in [-0.25, -0.2) is 9.59 Å². The average Bonchev–Trinajstić information content (AvgIpc) is 0.872. The lowest BCUT2D eigenvalue weighted by Crippen LogP contribution is -2.68. The summed E-state index contributed by atoms with van der Waals surface area (Å²) in [6.07, 6.45) is -49.2. The highest BCUT2D eigenvalue weighted by atomic mass is 31.2. The monoisotopic (exact) mass is 1490 g/mol. The van der Waals surface area contributed by atoms with Crippen molar-refractivity contribution in [1.82, 2.24) is 25.5 Å². The van der Waals surface area contributed by atoms with Crippen molar-refractivity contribution in [1.29, 1.82) is 0 Å². The second-order valence-corrected chi connectivity index (χ2v) is 25.7. The number of aliphatic hydroxyl groups is 14. The fourth-order valence-corrected chi connectivity index (χ4v) is 12.9. The molecule has 45 heteroatoms. The first-order valence-electron chi connectivity index (χ1n) is 31.5. The van der Waals surface area contributed by atoms with Gasteiger partial charge in [-0.05, 0) is 43.0 Å². The van der Waals surface area contributed by atoms with Crippen molar-refractivity contribution in [2.45, 2.75) is 224 Å². The zero-order chi connectivity index (χ0) is 74.8. The van der Waals surface area contributed by atoms with E-state index in [0.717, 1.165) is 24.6 Å². The molecule has 11 unspecified atom stereocenters. The molecule has 0 aliphatic carbocycles. The van der Waals surface area contributed by atoms with E-state index in [1.807, 2.05) is 0 Å². The SMILES string of the molecule is CC(=O)NC1C[C@H](O[C@@H]2OC(OC=O)[C@@H](O[C@H]3OC(CO)[C@@H](O)[C@H](O)C3NC(C)=O)[C@H](O)C2O)C(CO)O[C@@H]1O[C@@H]1C(OC=O)O[C@@H](OCCNC(=O)c2ccc(CCC[C@@H](O)[C@@H](O)C3O[C@](OP(=O)([O-])OC[C@H]4O[C@@H](n5ccc(N)nc5=O)C(O)[C@H]4O)(C(=O)O)C[C@@H](O)[C@H]3O)cc2)C(O)[C@H]1O. The third-order valence-corrected chi connectivity index (χ3v) is 18.2. The van der Waals surface area contributed by atoms with Crippen LogP contribution in [0, 0.1) is 0 Å². The Morgan fingerprint density at radius 2 is 1.33 bits per heavy atom. The highest BCUT2D eigenvalue weighted by molar-refractivity contribution is 7.46. The normalized spacial score (nSPS) is 38.3. The van der Waals surface area contributed by atoms with Gasteiger partial charge < -0.3 is 165 Å². The summed E-state index contributed by atoms with van der Waals surface area (Å²) in [5.74, 6) is -7.85. The Morgan fingerprint density at radius 1 is 0.735 bits per heavy atom. The van der Waals surface area contributed by atoms with Gasteiger partial charge in [-0.15, -0.1) is 0 Å². The Labute approximate surface area is 575 Å². The lowest BCUT2D eigenvalue weighted by atomic mass is 9.89. The maximum absolute atomic E-state index is 13.1. The van der Waals surface area contributed by atoms with Gasteiger partial charge in [0.2, 0.25) is 24.4 Å². The molecule has 0 radical (unpaired) electrons. The van der Waals surface area contributed by atoms with E-state index in [0.29, 0.717) is 5.56 Å². The number of phosphoric ester groups is 1. The van der Waals surface area contributed by atoms with Gasteiger partial charge in [-0.3, -0.25) is 37.6 Å². The van der Waals surface area contributed by atoms with Crippen molar-refractivity contribution in [2.24, 2.45) is 0 Å². The van der Waals surface area contributed by atoms with E-state index in [1.54, 1.807) is 0 Å². The summed E-state index contributed by atoms with van der Waals surface area (Å²) < 4.78 is 90.2. The molecule has 0 saturated carbocycles. The van der Waals surface area contributed by atoms with E-state index >= 15 is 0 Å². The number of phosphoric acid groups is 1. The van der Waals surface area contributed by atoms with E-state index in [4.69, 9.17) is 71.6 Å². The zero-order valence-corrected chi connectivity index (χ0v) is 54.8. The molecule has 1 aromatic heterocycles. The number of aromatic nitrogens is 2. The second-order valence-electron chi connectivity index (χ2n) is 24.3. The molecule has 3 amide bonds. The number of hydrogen-bond donors (Lipinski definition) is 19. The van der Waals surface area contributed by atoms with Gasteiger partial charge in [0, 0.05) is 45.0 Å². The molecule has 2 aromatic rings. The van der Waals surface area contributed by atoms with Gasteiger partial charge in [-0.1, -0.05) is 12.1 Å². The van der Waals surface area contributed by atoms with Crippen LogP contribution >= 0.6 is 7.82 Å². The smallest absolute Gasteiger partial charge is 0.364 e. The van der Waals surface area contributed by atoms with Crippen molar-refractivity contribution < 1.29 is 181 Å². The molecule has 102 heavy (non-hydrogen) atoms. The summed E-state index contributed by atoms with van der Waals surface area (Å²) in [5.41, 5.74) is 5.17. The number of carbonyl (C=O) groups excluding carboxylic acids is 5. The summed E-state index contributed by atoms with van der Waals surface area (Å²) in [4.78, 5) is 103. The van der Waals surface area contributed by atoms with Crippen LogP contribution in [0.25, 0.3) is 0 Å². The number of nitrogen functional groups attached to an aromatic ring is 1. The highest BCUT2D eigenvalue weighted by Gasteiger charge is 2.59. The van der Waals surface area contributed by atoms with E-state index in [1.165, 1.54) is 30.3 Å². The van der Waals surface area contributed by atoms with Gasteiger partial charge in [0.1, 0.15) is 97.3 Å². The highest BCUT2D eigenvalue weighted by Crippen LogP contribution is 2.49. The number of nitrogens with zero attached hydrogens (tertiary/aromatic N) is 2. The minimum absolute atomic E-state index is 0.0759. The summed E-state index contributed by atoms with van der Waals surface area (Å²) in [7, 11) is -5.91. The molecule has 574 valence electrons. The van der Waals surface area contributed by atoms with Crippen molar-refractivity contribution in [2.75, 3.05) is 38.7 Å². The molecule has 44 nitrogen and oxygen atoms in total. The Balaban J connectivity index is 0.790. The third-order valence-electron chi connectivity index (χ3n) is 17.2. The molecule has 6 aliphatic rings. The summed E-state index contributed by atoms with van der Waals surface area (Å²) in [5, 5.41) is 169. The first-order valence-corrected chi connectivity index (χ1v) is 33.0. The minimum atomic E-state index is -5.91. The number of hydrogen-bond acceptors (Lipinski definition) is 39. The molecule has 20 N–H and O–H groups in total. The maximum atomic E-state index is 13.1. The van der Waals surface area contributed by atoms with Crippen LogP contribution in [0.5, 0.6) is 0 Å². The van der Waals surface area contributed by atoms with Crippen LogP contribution in [0.3, 0.4) is 0 Å². The molecule has 6 fully saturated rings. The van der Waals surface area contributed by atoms with Crippen LogP contribution in [-0.4, -0.2) is 327 Å². The van der Waals surface area contributed by atoms with Crippen LogP contribution in [0.15, 0.2) is 41.3 Å². The third kappa shape index (κ3) is 19.5. The fraction of sp³-hybridized carbons (Fsp3) is 0.719. The van der Waals surface area contributed by atoms with E-state index in [-0.39, 0.29) is 50.1 Å². The van der Waals surface area contributed by atoms with Crippen molar-refractivity contribution in [3.05, 3.63) is 58.1 Å². The topological polar surface area (TPSA) is 672 Å².